The molecular weight excluding hydrogens is 649 g/mol. The Bertz CT molecular complexity index is 2010. The first kappa shape index (κ1) is 33.0. The van der Waals surface area contributed by atoms with Crippen molar-refractivity contribution in [2.45, 2.75) is 24.0 Å². The number of sulfonamides is 1. The van der Waals surface area contributed by atoms with Crippen molar-refractivity contribution in [3.8, 4) is 17.2 Å². The van der Waals surface area contributed by atoms with Crippen molar-refractivity contribution >= 4 is 27.5 Å². The van der Waals surface area contributed by atoms with E-state index in [2.05, 4.69) is 10.0 Å². The van der Waals surface area contributed by atoms with E-state index in [9.17, 15) is 22.4 Å². The summed E-state index contributed by atoms with van der Waals surface area (Å²) in [5, 5.41) is 2.97. The van der Waals surface area contributed by atoms with Crippen LogP contribution in [-0.4, -0.2) is 38.5 Å². The topological polar surface area (TPSA) is 123 Å². The predicted octanol–water partition coefficient (Wildman–Crippen LogP) is 5.82. The molecule has 12 heteroatoms. The maximum Gasteiger partial charge on any atom is 0.261 e. The Morgan fingerprint density at radius 3 is 2.18 bits per heavy atom. The monoisotopic (exact) mass is 681 g/mol. The van der Waals surface area contributed by atoms with E-state index in [4.69, 9.17) is 14.2 Å². The van der Waals surface area contributed by atoms with E-state index in [1.54, 1.807) is 36.4 Å². The summed E-state index contributed by atoms with van der Waals surface area (Å²) in [6.07, 6.45) is 0. The molecule has 0 aliphatic carbocycles. The minimum absolute atomic E-state index is 0.0514. The predicted molar refractivity (Wildman–Crippen MR) is 180 cm³/mol. The summed E-state index contributed by atoms with van der Waals surface area (Å²) < 4.78 is 58.0. The number of halogens is 1. The van der Waals surface area contributed by atoms with Gasteiger partial charge in [-0.05, 0) is 77.4 Å². The number of hydrogen-bond acceptors (Lipinski definition) is 7. The van der Waals surface area contributed by atoms with Crippen molar-refractivity contribution < 1.29 is 36.6 Å². The Labute approximate surface area is 283 Å². The average molecular weight is 682 g/mol. The molecular formula is C37H32FN3O7S. The second-order valence-corrected chi connectivity index (χ2v) is 12.8. The molecule has 0 aromatic heterocycles. The molecule has 10 nitrogen and oxygen atoms in total. The number of benzene rings is 5. The number of carbonyl (C=O) groups excluding carboxylic acids is 2. The number of nitrogens with one attached hydrogen (secondary N) is 2. The summed E-state index contributed by atoms with van der Waals surface area (Å²) in [5.41, 5.74) is 2.42. The van der Waals surface area contributed by atoms with Crippen LogP contribution in [0.25, 0.3) is 0 Å². The van der Waals surface area contributed by atoms with Gasteiger partial charge in [-0.25, -0.2) is 12.8 Å². The zero-order valence-corrected chi connectivity index (χ0v) is 26.9. The van der Waals surface area contributed by atoms with Crippen molar-refractivity contribution in [3.63, 3.8) is 0 Å². The molecule has 0 fully saturated rings. The second kappa shape index (κ2) is 14.9. The van der Waals surface area contributed by atoms with Gasteiger partial charge >= 0.3 is 0 Å². The normalized spacial score (nSPS) is 12.5. The lowest BCUT2D eigenvalue weighted by atomic mass is 10.0. The molecule has 5 aromatic rings. The second-order valence-electron chi connectivity index (χ2n) is 11.1. The van der Waals surface area contributed by atoms with Crippen molar-refractivity contribution in [2.75, 3.05) is 18.1 Å². The number of anilines is 1. The molecule has 5 aromatic carbocycles. The van der Waals surface area contributed by atoms with Crippen molar-refractivity contribution in [2.24, 2.45) is 0 Å². The third-order valence-corrected chi connectivity index (χ3v) is 9.09. The number of nitrogens with zero attached hydrogens (tertiary/aromatic N) is 1. The third-order valence-electron chi connectivity index (χ3n) is 7.69. The van der Waals surface area contributed by atoms with Gasteiger partial charge in [0.15, 0.2) is 18.1 Å². The van der Waals surface area contributed by atoms with E-state index in [0.29, 0.717) is 17.1 Å². The van der Waals surface area contributed by atoms with Gasteiger partial charge in [-0.2, -0.15) is 0 Å². The largest absolute Gasteiger partial charge is 0.484 e. The van der Waals surface area contributed by atoms with E-state index in [0.717, 1.165) is 23.3 Å². The van der Waals surface area contributed by atoms with Crippen LogP contribution >= 0.6 is 0 Å². The van der Waals surface area contributed by atoms with Gasteiger partial charge < -0.3 is 24.4 Å². The van der Waals surface area contributed by atoms with Crippen LogP contribution in [0.1, 0.15) is 22.7 Å². The van der Waals surface area contributed by atoms with Crippen LogP contribution in [0.4, 0.5) is 10.1 Å². The molecule has 1 heterocycles. The number of hydrogen-bond donors (Lipinski definition) is 2. The molecule has 2 amide bonds. The Morgan fingerprint density at radius 1 is 0.796 bits per heavy atom. The highest BCUT2D eigenvalue weighted by Gasteiger charge is 2.32. The molecule has 0 spiro atoms. The van der Waals surface area contributed by atoms with E-state index < -0.39 is 40.3 Å². The summed E-state index contributed by atoms with van der Waals surface area (Å²) in [4.78, 5) is 29.3. The van der Waals surface area contributed by atoms with Crippen LogP contribution in [0.5, 0.6) is 17.2 Å². The van der Waals surface area contributed by atoms with Gasteiger partial charge in [0, 0.05) is 18.8 Å². The van der Waals surface area contributed by atoms with Gasteiger partial charge in [0.05, 0.1) is 4.90 Å². The van der Waals surface area contributed by atoms with Crippen molar-refractivity contribution in [3.05, 3.63) is 150 Å². The fourth-order valence-electron chi connectivity index (χ4n) is 5.22. The highest BCUT2D eigenvalue weighted by Crippen LogP contribution is 2.32. The fourth-order valence-corrected chi connectivity index (χ4v) is 6.28. The maximum atomic E-state index is 14.0. The van der Waals surface area contributed by atoms with Crippen LogP contribution < -0.4 is 24.2 Å². The highest BCUT2D eigenvalue weighted by molar-refractivity contribution is 7.92. The maximum absolute atomic E-state index is 14.0. The summed E-state index contributed by atoms with van der Waals surface area (Å²) in [7, 11) is -3.96. The highest BCUT2D eigenvalue weighted by atomic mass is 32.2. The third kappa shape index (κ3) is 8.35. The van der Waals surface area contributed by atoms with Crippen LogP contribution in [0.2, 0.25) is 0 Å². The molecule has 49 heavy (non-hydrogen) atoms. The number of fused-ring (bicyclic) bond motifs is 1. The first-order valence-electron chi connectivity index (χ1n) is 15.3. The van der Waals surface area contributed by atoms with Gasteiger partial charge in [0.1, 0.15) is 17.6 Å². The summed E-state index contributed by atoms with van der Waals surface area (Å²) >= 11 is 0. The Kier molecular flexibility index (Phi) is 10.1. The van der Waals surface area contributed by atoms with E-state index in [1.165, 1.54) is 41.3 Å². The van der Waals surface area contributed by atoms with Gasteiger partial charge in [0.25, 0.3) is 15.9 Å². The van der Waals surface area contributed by atoms with Gasteiger partial charge in [-0.1, -0.05) is 66.7 Å². The minimum atomic E-state index is -3.96. The Balaban J connectivity index is 1.19. The molecule has 2 N–H and O–H groups in total. The van der Waals surface area contributed by atoms with Crippen LogP contribution in [0.15, 0.2) is 132 Å². The fraction of sp³-hybridized carbons (Fsp3) is 0.135. The number of amides is 2. The number of carbonyl (C=O) groups is 2. The average Bonchev–Trinajstić information content (AvgIpc) is 3.60. The lowest BCUT2D eigenvalue weighted by Gasteiger charge is -2.31. The molecule has 1 aliphatic heterocycles. The Hall–Kier alpha value is -5.88. The van der Waals surface area contributed by atoms with Crippen LogP contribution in [0, 0.1) is 5.82 Å². The molecule has 1 aliphatic rings. The van der Waals surface area contributed by atoms with Gasteiger partial charge in [0.2, 0.25) is 12.7 Å². The van der Waals surface area contributed by atoms with Gasteiger partial charge in [-0.3, -0.25) is 14.3 Å². The molecule has 0 radical (unpaired) electrons. The van der Waals surface area contributed by atoms with Crippen molar-refractivity contribution in [1.29, 1.82) is 0 Å². The van der Waals surface area contributed by atoms with E-state index in [1.807, 2.05) is 42.5 Å². The van der Waals surface area contributed by atoms with Crippen LogP contribution in [0.3, 0.4) is 0 Å². The number of ether oxygens (including phenoxy) is 3. The number of rotatable bonds is 13. The summed E-state index contributed by atoms with van der Waals surface area (Å²) in [6, 6.07) is 33.2. The smallest absolute Gasteiger partial charge is 0.261 e. The minimum Gasteiger partial charge on any atom is -0.484 e. The van der Waals surface area contributed by atoms with Gasteiger partial charge in [-0.15, -0.1) is 0 Å². The molecule has 0 bridgehead atoms. The quantitative estimate of drug-likeness (QED) is 0.161. The van der Waals surface area contributed by atoms with E-state index >= 15 is 0 Å². The van der Waals surface area contributed by atoms with Crippen molar-refractivity contribution in [1.82, 2.24) is 10.2 Å². The molecule has 250 valence electrons. The first-order valence-corrected chi connectivity index (χ1v) is 16.8. The Morgan fingerprint density at radius 2 is 1.47 bits per heavy atom. The summed E-state index contributed by atoms with van der Waals surface area (Å²) in [6.45, 7) is 0.0174. The SMILES string of the molecule is O=C(NCc1ccc2c(c1)OCO2)C(c1ccccc1)N(Cc1ccccc1)C(=O)COc1ccc(S(=O)(=O)Nc2ccc(F)cc2)cc1. The lowest BCUT2D eigenvalue weighted by Crippen LogP contribution is -2.45. The molecule has 1 atom stereocenters. The van der Waals surface area contributed by atoms with Crippen LogP contribution in [-0.2, 0) is 32.7 Å². The first-order chi connectivity index (χ1) is 23.7. The molecule has 0 saturated carbocycles. The molecule has 0 saturated heterocycles. The summed E-state index contributed by atoms with van der Waals surface area (Å²) in [5.74, 6) is 0.131. The zero-order valence-electron chi connectivity index (χ0n) is 26.1. The lowest BCUT2D eigenvalue weighted by molar-refractivity contribution is -0.143. The standard InChI is InChI=1S/C37H32FN3O7S/c38-29-12-14-30(15-13-29)40-49(44,45)32-18-16-31(17-19-32)46-24-35(42)41(23-26-7-3-1-4-8-26)36(28-9-5-2-6-10-28)37(43)39-22-27-11-20-33-34(21-27)48-25-47-33/h1-21,36,40H,22-25H2,(H,39,43). The molecule has 1 unspecified atom stereocenters. The van der Waals surface area contributed by atoms with E-state index in [-0.39, 0.29) is 36.2 Å². The zero-order chi connectivity index (χ0) is 34.2. The molecule has 6 rings (SSSR count).